The van der Waals surface area contributed by atoms with Gasteiger partial charge in [0, 0.05) is 23.7 Å². The van der Waals surface area contributed by atoms with Gasteiger partial charge in [0.1, 0.15) is 6.54 Å². The molecule has 1 aliphatic rings. The molecule has 1 aromatic carbocycles. The van der Waals surface area contributed by atoms with Crippen molar-refractivity contribution in [1.29, 1.82) is 0 Å². The second-order valence-corrected chi connectivity index (χ2v) is 5.34. The predicted molar refractivity (Wildman–Crippen MR) is 83.3 cm³/mol. The number of carbonyl (C=O) groups excluding carboxylic acids is 1. The molecule has 1 N–H and O–H groups in total. The van der Waals surface area contributed by atoms with E-state index in [2.05, 4.69) is 5.32 Å². The van der Waals surface area contributed by atoms with Gasteiger partial charge in [0.15, 0.2) is 0 Å². The van der Waals surface area contributed by atoms with Crippen LogP contribution in [0.5, 0.6) is 0 Å². The Bertz CT molecular complexity index is 592. The maximum absolute atomic E-state index is 12.8. The zero-order chi connectivity index (χ0) is 17.0. The molecule has 10 heteroatoms. The average Bonchev–Trinajstić information content (AvgIpc) is 2.52. The van der Waals surface area contributed by atoms with Gasteiger partial charge in [0.2, 0.25) is 0 Å². The molecule has 24 heavy (non-hydrogen) atoms. The number of nitrogens with zero attached hydrogens (tertiary/aromatic N) is 2. The van der Waals surface area contributed by atoms with Crippen LogP contribution in [0.4, 0.5) is 18.9 Å². The van der Waals surface area contributed by atoms with Crippen molar-refractivity contribution in [2.75, 3.05) is 19.6 Å². The SMILES string of the molecule is Cl.O=C(c1cccc([N+](=O)[O-])c1)N(CC(F)(F)F)C1CCNCC1. The van der Waals surface area contributed by atoms with Gasteiger partial charge in [-0.05, 0) is 32.0 Å². The third-order valence-electron chi connectivity index (χ3n) is 3.66. The van der Waals surface area contributed by atoms with Crippen molar-refractivity contribution in [3.63, 3.8) is 0 Å². The number of amides is 1. The maximum Gasteiger partial charge on any atom is 0.406 e. The van der Waals surface area contributed by atoms with E-state index in [1.807, 2.05) is 0 Å². The Kier molecular flexibility index (Phi) is 6.97. The van der Waals surface area contributed by atoms with Crippen molar-refractivity contribution in [1.82, 2.24) is 10.2 Å². The van der Waals surface area contributed by atoms with Gasteiger partial charge in [-0.3, -0.25) is 14.9 Å². The lowest BCUT2D eigenvalue weighted by atomic mass is 10.0. The Balaban J connectivity index is 0.00000288. The van der Waals surface area contributed by atoms with Crippen LogP contribution in [0.15, 0.2) is 24.3 Å². The summed E-state index contributed by atoms with van der Waals surface area (Å²) < 4.78 is 38.5. The summed E-state index contributed by atoms with van der Waals surface area (Å²) in [7, 11) is 0. The summed E-state index contributed by atoms with van der Waals surface area (Å²) in [6.45, 7) is -0.304. The van der Waals surface area contributed by atoms with Crippen LogP contribution in [0.25, 0.3) is 0 Å². The average molecular weight is 368 g/mol. The van der Waals surface area contributed by atoms with Gasteiger partial charge in [-0.2, -0.15) is 13.2 Å². The number of nitrogens with one attached hydrogen (secondary N) is 1. The zero-order valence-corrected chi connectivity index (χ0v) is 13.4. The van der Waals surface area contributed by atoms with Crippen LogP contribution < -0.4 is 5.32 Å². The number of hydrogen-bond donors (Lipinski definition) is 1. The molecule has 1 fully saturated rings. The molecular formula is C14H17ClF3N3O3. The molecule has 0 atom stereocenters. The van der Waals surface area contributed by atoms with Gasteiger partial charge in [-0.1, -0.05) is 6.07 Å². The molecule has 6 nitrogen and oxygen atoms in total. The highest BCUT2D eigenvalue weighted by molar-refractivity contribution is 5.95. The highest BCUT2D eigenvalue weighted by Gasteiger charge is 2.37. The van der Waals surface area contributed by atoms with Crippen molar-refractivity contribution >= 4 is 24.0 Å². The van der Waals surface area contributed by atoms with E-state index in [-0.39, 0.29) is 23.7 Å². The topological polar surface area (TPSA) is 75.5 Å². The number of benzene rings is 1. The van der Waals surface area contributed by atoms with Crippen LogP contribution in [0.1, 0.15) is 23.2 Å². The van der Waals surface area contributed by atoms with Crippen LogP contribution in [0.3, 0.4) is 0 Å². The lowest BCUT2D eigenvalue weighted by molar-refractivity contribution is -0.384. The van der Waals surface area contributed by atoms with Crippen molar-refractivity contribution in [2.24, 2.45) is 0 Å². The van der Waals surface area contributed by atoms with Gasteiger partial charge < -0.3 is 10.2 Å². The van der Waals surface area contributed by atoms with E-state index in [9.17, 15) is 28.1 Å². The summed E-state index contributed by atoms with van der Waals surface area (Å²) in [6.07, 6.45) is -3.70. The van der Waals surface area contributed by atoms with Crippen molar-refractivity contribution in [3.05, 3.63) is 39.9 Å². The fourth-order valence-corrected chi connectivity index (χ4v) is 2.60. The smallest absolute Gasteiger partial charge is 0.326 e. The summed E-state index contributed by atoms with van der Waals surface area (Å²) in [6, 6.07) is 4.24. The summed E-state index contributed by atoms with van der Waals surface area (Å²) in [4.78, 5) is 23.3. The Hall–Kier alpha value is -1.87. The summed E-state index contributed by atoms with van der Waals surface area (Å²) in [5, 5.41) is 13.8. The summed E-state index contributed by atoms with van der Waals surface area (Å²) in [5.74, 6) is -0.835. The van der Waals surface area contributed by atoms with Crippen molar-refractivity contribution in [3.8, 4) is 0 Å². The van der Waals surface area contributed by atoms with Crippen LogP contribution in [0.2, 0.25) is 0 Å². The number of hydrogen-bond acceptors (Lipinski definition) is 4. The van der Waals surface area contributed by atoms with Gasteiger partial charge >= 0.3 is 6.18 Å². The molecule has 0 saturated carbocycles. The first-order chi connectivity index (χ1) is 10.8. The number of nitro benzene ring substituents is 1. The minimum Gasteiger partial charge on any atom is -0.326 e. The second-order valence-electron chi connectivity index (χ2n) is 5.34. The Morgan fingerprint density at radius 2 is 1.96 bits per heavy atom. The lowest BCUT2D eigenvalue weighted by Gasteiger charge is -2.35. The zero-order valence-electron chi connectivity index (χ0n) is 12.6. The molecular weight excluding hydrogens is 351 g/mol. The molecule has 1 aromatic rings. The Morgan fingerprint density at radius 1 is 1.33 bits per heavy atom. The van der Waals surface area contributed by atoms with Crippen LogP contribution in [-0.2, 0) is 0 Å². The monoisotopic (exact) mass is 367 g/mol. The Labute approximate surface area is 142 Å². The summed E-state index contributed by atoms with van der Waals surface area (Å²) in [5.41, 5.74) is -0.435. The number of carbonyl (C=O) groups is 1. The molecule has 2 rings (SSSR count). The quantitative estimate of drug-likeness (QED) is 0.656. The van der Waals surface area contributed by atoms with E-state index >= 15 is 0 Å². The van der Waals surface area contributed by atoms with E-state index < -0.39 is 29.6 Å². The standard InChI is InChI=1S/C14H16F3N3O3.ClH/c15-14(16,17)9-19(11-4-6-18-7-5-11)13(21)10-2-1-3-12(8-10)20(22)23;/h1-3,8,11,18H,4-7,9H2;1H. The summed E-state index contributed by atoms with van der Waals surface area (Å²) >= 11 is 0. The largest absolute Gasteiger partial charge is 0.406 e. The van der Waals surface area contributed by atoms with E-state index in [1.165, 1.54) is 18.2 Å². The van der Waals surface area contributed by atoms with Crippen molar-refractivity contribution in [2.45, 2.75) is 25.1 Å². The Morgan fingerprint density at radius 3 is 2.50 bits per heavy atom. The fourth-order valence-electron chi connectivity index (χ4n) is 2.60. The van der Waals surface area contributed by atoms with E-state index in [0.717, 1.165) is 11.0 Å². The number of non-ortho nitro benzene ring substituents is 1. The van der Waals surface area contributed by atoms with E-state index in [1.54, 1.807) is 0 Å². The number of alkyl halides is 3. The second kappa shape index (κ2) is 8.29. The van der Waals surface area contributed by atoms with Gasteiger partial charge in [-0.15, -0.1) is 12.4 Å². The third kappa shape index (κ3) is 5.34. The number of rotatable bonds is 4. The number of nitro groups is 1. The number of halogens is 4. The minimum atomic E-state index is -4.53. The molecule has 134 valence electrons. The first-order valence-electron chi connectivity index (χ1n) is 7.11. The highest BCUT2D eigenvalue weighted by atomic mass is 35.5. The van der Waals surface area contributed by atoms with Gasteiger partial charge in [0.05, 0.1) is 4.92 Å². The third-order valence-corrected chi connectivity index (χ3v) is 3.66. The maximum atomic E-state index is 12.8. The van der Waals surface area contributed by atoms with Gasteiger partial charge in [0.25, 0.3) is 11.6 Å². The molecule has 0 bridgehead atoms. The van der Waals surface area contributed by atoms with Crippen LogP contribution in [0, 0.1) is 10.1 Å². The van der Waals surface area contributed by atoms with Gasteiger partial charge in [-0.25, -0.2) is 0 Å². The molecule has 0 spiro atoms. The predicted octanol–water partition coefficient (Wildman–Crippen LogP) is 2.77. The van der Waals surface area contributed by atoms with E-state index in [0.29, 0.717) is 25.9 Å². The normalized spacial score (nSPS) is 15.5. The lowest BCUT2D eigenvalue weighted by Crippen LogP contribution is -2.49. The highest BCUT2D eigenvalue weighted by Crippen LogP contribution is 2.24. The first-order valence-corrected chi connectivity index (χ1v) is 7.11. The first kappa shape index (κ1) is 20.2. The molecule has 1 heterocycles. The molecule has 0 radical (unpaired) electrons. The van der Waals surface area contributed by atoms with Crippen molar-refractivity contribution < 1.29 is 22.9 Å². The molecule has 1 saturated heterocycles. The molecule has 1 amide bonds. The fraction of sp³-hybridized carbons (Fsp3) is 0.500. The molecule has 0 aliphatic carbocycles. The molecule has 0 aromatic heterocycles. The van der Waals surface area contributed by atoms with E-state index in [4.69, 9.17) is 0 Å². The molecule has 1 aliphatic heterocycles. The minimum absolute atomic E-state index is 0. The van der Waals surface area contributed by atoms with Crippen LogP contribution in [-0.4, -0.2) is 47.6 Å². The molecule has 0 unspecified atom stereocenters. The van der Waals surface area contributed by atoms with Crippen LogP contribution >= 0.6 is 12.4 Å². The number of piperidine rings is 1.